The molecule has 1 aliphatic heterocycles. The van der Waals surface area contributed by atoms with Gasteiger partial charge in [0.2, 0.25) is 11.8 Å². The SMILES string of the molecule is CCCNC(=O)CN(C)C(=O)CN1CC(C)NC(C)C1.Cl. The van der Waals surface area contributed by atoms with Gasteiger partial charge in [-0.05, 0) is 20.3 Å². The van der Waals surface area contributed by atoms with E-state index in [0.717, 1.165) is 19.5 Å². The van der Waals surface area contributed by atoms with Crippen LogP contribution < -0.4 is 10.6 Å². The van der Waals surface area contributed by atoms with Crippen molar-refractivity contribution in [3.05, 3.63) is 0 Å². The number of hydrogen-bond acceptors (Lipinski definition) is 4. The van der Waals surface area contributed by atoms with Crippen molar-refractivity contribution in [2.45, 2.75) is 39.3 Å². The summed E-state index contributed by atoms with van der Waals surface area (Å²) in [5.74, 6) is -0.0947. The van der Waals surface area contributed by atoms with Gasteiger partial charge in [-0.3, -0.25) is 14.5 Å². The van der Waals surface area contributed by atoms with E-state index in [-0.39, 0.29) is 30.8 Å². The lowest BCUT2D eigenvalue weighted by Gasteiger charge is -2.36. The highest BCUT2D eigenvalue weighted by Crippen LogP contribution is 2.04. The molecule has 7 heteroatoms. The Balaban J connectivity index is 0.00000400. The predicted molar refractivity (Wildman–Crippen MR) is 86.7 cm³/mol. The van der Waals surface area contributed by atoms with E-state index in [4.69, 9.17) is 0 Å². The molecule has 0 aliphatic carbocycles. The third kappa shape index (κ3) is 7.64. The van der Waals surface area contributed by atoms with Gasteiger partial charge in [0.1, 0.15) is 0 Å². The molecule has 1 heterocycles. The number of hydrogen-bond donors (Lipinski definition) is 2. The Labute approximate surface area is 134 Å². The summed E-state index contributed by atoms with van der Waals surface area (Å²) in [7, 11) is 1.68. The maximum Gasteiger partial charge on any atom is 0.239 e. The first-order valence-electron chi connectivity index (χ1n) is 7.41. The van der Waals surface area contributed by atoms with Crippen molar-refractivity contribution in [1.82, 2.24) is 20.4 Å². The van der Waals surface area contributed by atoms with Crippen LogP contribution in [-0.4, -0.2) is 73.5 Å². The molecule has 0 bridgehead atoms. The van der Waals surface area contributed by atoms with Crippen LogP contribution in [0.2, 0.25) is 0 Å². The summed E-state index contributed by atoms with van der Waals surface area (Å²) in [6.07, 6.45) is 0.903. The standard InChI is InChI=1S/C14H28N4O2.ClH/c1-5-6-15-13(19)9-17(4)14(20)10-18-7-11(2)16-12(3)8-18;/h11-12,16H,5-10H2,1-4H3,(H,15,19);1H. The highest BCUT2D eigenvalue weighted by atomic mass is 35.5. The average Bonchev–Trinajstić information content (AvgIpc) is 2.34. The Morgan fingerprint density at radius 1 is 1.29 bits per heavy atom. The van der Waals surface area contributed by atoms with Gasteiger partial charge in [0.25, 0.3) is 0 Å². The zero-order chi connectivity index (χ0) is 15.1. The van der Waals surface area contributed by atoms with Crippen LogP contribution in [0.4, 0.5) is 0 Å². The van der Waals surface area contributed by atoms with Crippen LogP contribution in [0.5, 0.6) is 0 Å². The summed E-state index contributed by atoms with van der Waals surface area (Å²) in [6, 6.07) is 0.786. The number of rotatable bonds is 6. The number of piperazine rings is 1. The van der Waals surface area contributed by atoms with Gasteiger partial charge < -0.3 is 15.5 Å². The molecule has 0 aromatic carbocycles. The molecule has 0 spiro atoms. The van der Waals surface area contributed by atoms with E-state index in [1.807, 2.05) is 6.92 Å². The fourth-order valence-electron chi connectivity index (χ4n) is 2.51. The summed E-state index contributed by atoms with van der Waals surface area (Å²) in [4.78, 5) is 27.4. The number of carbonyl (C=O) groups excluding carboxylic acids is 2. The van der Waals surface area contributed by atoms with Crippen molar-refractivity contribution < 1.29 is 9.59 Å². The van der Waals surface area contributed by atoms with Crippen LogP contribution >= 0.6 is 12.4 Å². The Morgan fingerprint density at radius 2 is 1.86 bits per heavy atom. The molecule has 1 aliphatic rings. The molecule has 2 atom stereocenters. The molecule has 1 saturated heterocycles. The molecule has 1 rings (SSSR count). The minimum atomic E-state index is -0.0928. The number of nitrogens with one attached hydrogen (secondary N) is 2. The van der Waals surface area contributed by atoms with E-state index in [9.17, 15) is 9.59 Å². The maximum absolute atomic E-state index is 12.1. The molecule has 2 N–H and O–H groups in total. The van der Waals surface area contributed by atoms with Crippen molar-refractivity contribution in [3.8, 4) is 0 Å². The monoisotopic (exact) mass is 320 g/mol. The van der Waals surface area contributed by atoms with E-state index in [1.54, 1.807) is 7.05 Å². The van der Waals surface area contributed by atoms with Crippen molar-refractivity contribution in [2.75, 3.05) is 39.8 Å². The molecular formula is C14H29ClN4O2. The van der Waals surface area contributed by atoms with E-state index < -0.39 is 0 Å². The molecule has 2 unspecified atom stereocenters. The van der Waals surface area contributed by atoms with Crippen molar-refractivity contribution in [1.29, 1.82) is 0 Å². The maximum atomic E-state index is 12.1. The first-order valence-corrected chi connectivity index (χ1v) is 7.41. The third-order valence-corrected chi connectivity index (χ3v) is 3.37. The Morgan fingerprint density at radius 3 is 2.38 bits per heavy atom. The molecule has 0 aromatic rings. The zero-order valence-corrected chi connectivity index (χ0v) is 14.3. The number of nitrogens with zero attached hydrogens (tertiary/aromatic N) is 2. The summed E-state index contributed by atoms with van der Waals surface area (Å²) in [5, 5.41) is 6.22. The van der Waals surface area contributed by atoms with Gasteiger partial charge in [-0.2, -0.15) is 0 Å². The Bertz CT molecular complexity index is 331. The lowest BCUT2D eigenvalue weighted by molar-refractivity contribution is -0.135. The molecule has 1 fully saturated rings. The predicted octanol–water partition coefficient (Wildman–Crippen LogP) is 0.0750. The number of halogens is 1. The minimum Gasteiger partial charge on any atom is -0.355 e. The van der Waals surface area contributed by atoms with Gasteiger partial charge in [-0.15, -0.1) is 12.4 Å². The van der Waals surface area contributed by atoms with Crippen LogP contribution in [0.1, 0.15) is 27.2 Å². The van der Waals surface area contributed by atoms with Crippen molar-refractivity contribution in [2.24, 2.45) is 0 Å². The Hall–Kier alpha value is -0.850. The fraction of sp³-hybridized carbons (Fsp3) is 0.857. The lowest BCUT2D eigenvalue weighted by atomic mass is 10.1. The second kappa shape index (κ2) is 9.97. The second-order valence-corrected chi connectivity index (χ2v) is 5.76. The van der Waals surface area contributed by atoms with Gasteiger partial charge >= 0.3 is 0 Å². The smallest absolute Gasteiger partial charge is 0.239 e. The van der Waals surface area contributed by atoms with Crippen molar-refractivity contribution in [3.63, 3.8) is 0 Å². The summed E-state index contributed by atoms with van der Waals surface area (Å²) in [5.41, 5.74) is 0. The topological polar surface area (TPSA) is 64.7 Å². The van der Waals surface area contributed by atoms with Crippen LogP contribution in [-0.2, 0) is 9.59 Å². The number of likely N-dealkylation sites (N-methyl/N-ethyl adjacent to an activating group) is 1. The molecular weight excluding hydrogens is 292 g/mol. The molecule has 21 heavy (non-hydrogen) atoms. The van der Waals surface area contributed by atoms with Gasteiger partial charge in [-0.1, -0.05) is 6.92 Å². The first kappa shape index (κ1) is 20.1. The second-order valence-electron chi connectivity index (χ2n) is 5.76. The first-order chi connectivity index (χ1) is 9.42. The number of carbonyl (C=O) groups is 2. The van der Waals surface area contributed by atoms with E-state index >= 15 is 0 Å². The number of amides is 2. The Kier molecular flexibility index (Phi) is 9.57. The fourth-order valence-corrected chi connectivity index (χ4v) is 2.51. The van der Waals surface area contributed by atoms with Crippen LogP contribution in [0.3, 0.4) is 0 Å². The van der Waals surface area contributed by atoms with Gasteiger partial charge in [0.15, 0.2) is 0 Å². The summed E-state index contributed by atoms with van der Waals surface area (Å²) < 4.78 is 0. The molecule has 2 amide bonds. The largest absolute Gasteiger partial charge is 0.355 e. The average molecular weight is 321 g/mol. The normalized spacial score (nSPS) is 22.3. The molecule has 124 valence electrons. The van der Waals surface area contributed by atoms with Crippen LogP contribution in [0, 0.1) is 0 Å². The quantitative estimate of drug-likeness (QED) is 0.727. The summed E-state index contributed by atoms with van der Waals surface area (Å²) >= 11 is 0. The molecule has 6 nitrogen and oxygen atoms in total. The lowest BCUT2D eigenvalue weighted by Crippen LogP contribution is -2.56. The molecule has 0 saturated carbocycles. The minimum absolute atomic E-state index is 0. The summed E-state index contributed by atoms with van der Waals surface area (Å²) in [6.45, 7) is 9.15. The molecule has 0 radical (unpaired) electrons. The van der Waals surface area contributed by atoms with Gasteiger partial charge in [0.05, 0.1) is 13.1 Å². The zero-order valence-electron chi connectivity index (χ0n) is 13.5. The van der Waals surface area contributed by atoms with E-state index in [2.05, 4.69) is 29.4 Å². The van der Waals surface area contributed by atoms with E-state index in [1.165, 1.54) is 4.90 Å². The van der Waals surface area contributed by atoms with Crippen LogP contribution in [0.15, 0.2) is 0 Å². The third-order valence-electron chi connectivity index (χ3n) is 3.37. The van der Waals surface area contributed by atoms with Gasteiger partial charge in [-0.25, -0.2) is 0 Å². The van der Waals surface area contributed by atoms with Gasteiger partial charge in [0, 0.05) is 38.8 Å². The molecule has 0 aromatic heterocycles. The highest BCUT2D eigenvalue weighted by molar-refractivity contribution is 5.85. The van der Waals surface area contributed by atoms with E-state index in [0.29, 0.717) is 25.2 Å². The van der Waals surface area contributed by atoms with Crippen molar-refractivity contribution >= 4 is 24.2 Å². The highest BCUT2D eigenvalue weighted by Gasteiger charge is 2.24. The van der Waals surface area contributed by atoms with Crippen LogP contribution in [0.25, 0.3) is 0 Å².